The maximum atomic E-state index is 11.8. The van der Waals surface area contributed by atoms with Crippen molar-refractivity contribution in [2.75, 3.05) is 13.7 Å². The van der Waals surface area contributed by atoms with Crippen LogP contribution in [0.4, 0.5) is 0 Å². The van der Waals surface area contributed by atoms with Gasteiger partial charge in [0.25, 0.3) is 0 Å². The summed E-state index contributed by atoms with van der Waals surface area (Å²) in [6.45, 7) is 0.747. The maximum absolute atomic E-state index is 11.8. The number of hydrogen-bond acceptors (Lipinski definition) is 5. The molecule has 14 heavy (non-hydrogen) atoms. The van der Waals surface area contributed by atoms with Gasteiger partial charge in [0.05, 0.1) is 17.7 Å². The van der Waals surface area contributed by atoms with E-state index in [1.807, 2.05) is 0 Å². The molecule has 0 radical (unpaired) electrons. The summed E-state index contributed by atoms with van der Waals surface area (Å²) in [5.41, 5.74) is 2.24. The number of thiazole rings is 1. The molecule has 1 fully saturated rings. The predicted molar refractivity (Wildman–Crippen MR) is 53.6 cm³/mol. The van der Waals surface area contributed by atoms with Crippen LogP contribution in [-0.4, -0.2) is 36.6 Å². The number of carbonyl (C=O) groups is 1. The standard InChI is InChI=1S/C9H12N2O2S/c1-13-6-2-7(10-3-6)9(12)8-4-14-5-11-8/h4-7,10H,2-3H2,1H3. The summed E-state index contributed by atoms with van der Waals surface area (Å²) in [5, 5.41) is 4.92. The van der Waals surface area contributed by atoms with Crippen LogP contribution in [0.25, 0.3) is 0 Å². The smallest absolute Gasteiger partial charge is 0.198 e. The molecule has 2 unspecified atom stereocenters. The molecule has 5 heteroatoms. The van der Waals surface area contributed by atoms with Crippen LogP contribution in [0.3, 0.4) is 0 Å². The lowest BCUT2D eigenvalue weighted by molar-refractivity contribution is 0.0915. The minimum absolute atomic E-state index is 0.0748. The van der Waals surface area contributed by atoms with Crippen molar-refractivity contribution in [3.05, 3.63) is 16.6 Å². The van der Waals surface area contributed by atoms with Crippen LogP contribution in [0.2, 0.25) is 0 Å². The van der Waals surface area contributed by atoms with E-state index < -0.39 is 0 Å². The molecule has 0 aliphatic carbocycles. The van der Waals surface area contributed by atoms with Crippen LogP contribution in [0, 0.1) is 0 Å². The Balaban J connectivity index is 2.00. The Morgan fingerprint density at radius 3 is 3.21 bits per heavy atom. The van der Waals surface area contributed by atoms with Gasteiger partial charge in [0.15, 0.2) is 5.78 Å². The molecule has 1 N–H and O–H groups in total. The number of nitrogens with one attached hydrogen (secondary N) is 1. The highest BCUT2D eigenvalue weighted by molar-refractivity contribution is 7.07. The molecule has 1 saturated heterocycles. The number of nitrogens with zero attached hydrogens (tertiary/aromatic N) is 1. The van der Waals surface area contributed by atoms with Gasteiger partial charge in [-0.3, -0.25) is 4.79 Å². The zero-order chi connectivity index (χ0) is 9.97. The van der Waals surface area contributed by atoms with Crippen molar-refractivity contribution in [2.45, 2.75) is 18.6 Å². The van der Waals surface area contributed by atoms with Crippen molar-refractivity contribution < 1.29 is 9.53 Å². The molecule has 0 saturated carbocycles. The number of hydrogen-bond donors (Lipinski definition) is 1. The third-order valence-corrected chi connectivity index (χ3v) is 3.01. The number of methoxy groups -OCH3 is 1. The van der Waals surface area contributed by atoms with Crippen molar-refractivity contribution in [1.29, 1.82) is 0 Å². The van der Waals surface area contributed by atoms with E-state index in [0.717, 1.165) is 13.0 Å². The number of aromatic nitrogens is 1. The zero-order valence-corrected chi connectivity index (χ0v) is 8.71. The van der Waals surface area contributed by atoms with E-state index in [-0.39, 0.29) is 17.9 Å². The van der Waals surface area contributed by atoms with Gasteiger partial charge in [-0.05, 0) is 6.42 Å². The average molecular weight is 212 g/mol. The van der Waals surface area contributed by atoms with Crippen LogP contribution in [0.5, 0.6) is 0 Å². The van der Waals surface area contributed by atoms with Gasteiger partial charge in [-0.15, -0.1) is 11.3 Å². The van der Waals surface area contributed by atoms with Crippen LogP contribution in [0.15, 0.2) is 10.9 Å². The van der Waals surface area contributed by atoms with Crippen LogP contribution >= 0.6 is 11.3 Å². The molecule has 2 heterocycles. The van der Waals surface area contributed by atoms with E-state index in [1.165, 1.54) is 11.3 Å². The quantitative estimate of drug-likeness (QED) is 0.749. The average Bonchev–Trinajstić information content (AvgIpc) is 2.88. The highest BCUT2D eigenvalue weighted by atomic mass is 32.1. The molecule has 0 aromatic carbocycles. The van der Waals surface area contributed by atoms with Crippen molar-refractivity contribution >= 4 is 17.1 Å². The molecule has 0 spiro atoms. The van der Waals surface area contributed by atoms with Gasteiger partial charge in [0, 0.05) is 19.0 Å². The second kappa shape index (κ2) is 4.16. The van der Waals surface area contributed by atoms with Gasteiger partial charge in [0.1, 0.15) is 5.69 Å². The Labute approximate surface area is 86.3 Å². The molecule has 2 atom stereocenters. The minimum atomic E-state index is -0.123. The molecular formula is C9H12N2O2S. The van der Waals surface area contributed by atoms with Crippen LogP contribution in [0.1, 0.15) is 16.9 Å². The monoisotopic (exact) mass is 212 g/mol. The van der Waals surface area contributed by atoms with Crippen LogP contribution < -0.4 is 5.32 Å². The van der Waals surface area contributed by atoms with E-state index >= 15 is 0 Å². The van der Waals surface area contributed by atoms with E-state index in [2.05, 4.69) is 10.3 Å². The topological polar surface area (TPSA) is 51.2 Å². The Bertz CT molecular complexity index is 313. The molecule has 1 aromatic heterocycles. The fraction of sp³-hybridized carbons (Fsp3) is 0.556. The second-order valence-electron chi connectivity index (χ2n) is 3.29. The van der Waals surface area contributed by atoms with E-state index in [1.54, 1.807) is 18.0 Å². The number of ketones is 1. The lowest BCUT2D eigenvalue weighted by Gasteiger charge is -2.06. The van der Waals surface area contributed by atoms with Gasteiger partial charge in [-0.1, -0.05) is 0 Å². The maximum Gasteiger partial charge on any atom is 0.198 e. The van der Waals surface area contributed by atoms with Gasteiger partial charge in [-0.25, -0.2) is 4.98 Å². The van der Waals surface area contributed by atoms with E-state index in [0.29, 0.717) is 5.69 Å². The highest BCUT2D eigenvalue weighted by Crippen LogP contribution is 2.14. The first-order chi connectivity index (χ1) is 6.81. The Hall–Kier alpha value is -0.780. The van der Waals surface area contributed by atoms with Crippen molar-refractivity contribution in [2.24, 2.45) is 0 Å². The normalized spacial score (nSPS) is 26.6. The number of Topliss-reactive ketones (excluding diaryl/α,β-unsaturated/α-hetero) is 1. The van der Waals surface area contributed by atoms with Crippen LogP contribution in [-0.2, 0) is 4.74 Å². The first kappa shape index (κ1) is 9.76. The van der Waals surface area contributed by atoms with Gasteiger partial charge in [-0.2, -0.15) is 0 Å². The lowest BCUT2D eigenvalue weighted by Crippen LogP contribution is -2.30. The molecule has 2 rings (SSSR count). The molecule has 0 bridgehead atoms. The molecule has 1 aliphatic rings. The largest absolute Gasteiger partial charge is 0.380 e. The Morgan fingerprint density at radius 1 is 1.79 bits per heavy atom. The van der Waals surface area contributed by atoms with Crippen molar-refractivity contribution in [1.82, 2.24) is 10.3 Å². The van der Waals surface area contributed by atoms with E-state index in [4.69, 9.17) is 4.74 Å². The first-order valence-corrected chi connectivity index (χ1v) is 5.44. The number of carbonyl (C=O) groups excluding carboxylic acids is 1. The molecule has 4 nitrogen and oxygen atoms in total. The fourth-order valence-corrected chi connectivity index (χ4v) is 2.14. The molecule has 76 valence electrons. The third kappa shape index (κ3) is 1.84. The summed E-state index contributed by atoms with van der Waals surface area (Å²) >= 11 is 1.44. The van der Waals surface area contributed by atoms with Gasteiger partial charge >= 0.3 is 0 Å². The lowest BCUT2D eigenvalue weighted by atomic mass is 10.1. The Kier molecular flexibility index (Phi) is 2.90. The summed E-state index contributed by atoms with van der Waals surface area (Å²) in [5.74, 6) is 0.0748. The SMILES string of the molecule is COC1CNC(C(=O)c2cscn2)C1. The summed E-state index contributed by atoms with van der Waals surface area (Å²) in [6, 6.07) is -0.123. The van der Waals surface area contributed by atoms with Gasteiger partial charge in [0.2, 0.25) is 0 Å². The number of ether oxygens (including phenoxy) is 1. The van der Waals surface area contributed by atoms with Crippen molar-refractivity contribution in [3.8, 4) is 0 Å². The Morgan fingerprint density at radius 2 is 2.64 bits per heavy atom. The fourth-order valence-electron chi connectivity index (χ4n) is 1.60. The molecule has 1 aliphatic heterocycles. The predicted octanol–water partition coefficient (Wildman–Crippen LogP) is 0.703. The summed E-state index contributed by atoms with van der Waals surface area (Å²) < 4.78 is 5.18. The molecule has 0 amide bonds. The third-order valence-electron chi connectivity index (χ3n) is 2.43. The zero-order valence-electron chi connectivity index (χ0n) is 7.90. The summed E-state index contributed by atoms with van der Waals surface area (Å²) in [4.78, 5) is 15.8. The molecular weight excluding hydrogens is 200 g/mol. The highest BCUT2D eigenvalue weighted by Gasteiger charge is 2.30. The molecule has 1 aromatic rings. The minimum Gasteiger partial charge on any atom is -0.380 e. The summed E-state index contributed by atoms with van der Waals surface area (Å²) in [7, 11) is 1.67. The summed E-state index contributed by atoms with van der Waals surface area (Å²) in [6.07, 6.45) is 0.898. The second-order valence-corrected chi connectivity index (χ2v) is 4.01. The number of rotatable bonds is 3. The first-order valence-electron chi connectivity index (χ1n) is 4.50. The van der Waals surface area contributed by atoms with E-state index in [9.17, 15) is 4.79 Å². The van der Waals surface area contributed by atoms with Gasteiger partial charge < -0.3 is 10.1 Å². The van der Waals surface area contributed by atoms with Crippen molar-refractivity contribution in [3.63, 3.8) is 0 Å².